The number of anilines is 3. The SMILES string of the molecule is Cc1cccc(C)c1NC(=O)CCNc1ccc(N2CCCC2)cc1. The van der Waals surface area contributed by atoms with Crippen molar-refractivity contribution in [1.82, 2.24) is 0 Å². The highest BCUT2D eigenvalue weighted by atomic mass is 16.1. The Kier molecular flexibility index (Phi) is 5.59. The second-order valence-corrected chi connectivity index (χ2v) is 6.73. The topological polar surface area (TPSA) is 44.4 Å². The molecule has 3 rings (SSSR count). The van der Waals surface area contributed by atoms with Crippen LogP contribution in [-0.2, 0) is 4.79 Å². The summed E-state index contributed by atoms with van der Waals surface area (Å²) in [6.45, 7) is 6.97. The minimum Gasteiger partial charge on any atom is -0.385 e. The van der Waals surface area contributed by atoms with Crippen LogP contribution >= 0.6 is 0 Å². The van der Waals surface area contributed by atoms with Crippen LogP contribution in [0.25, 0.3) is 0 Å². The summed E-state index contributed by atoms with van der Waals surface area (Å²) in [7, 11) is 0. The second kappa shape index (κ2) is 8.06. The summed E-state index contributed by atoms with van der Waals surface area (Å²) in [6, 6.07) is 14.5. The van der Waals surface area contributed by atoms with Gasteiger partial charge in [0, 0.05) is 43.1 Å². The third-order valence-corrected chi connectivity index (χ3v) is 4.77. The maximum atomic E-state index is 12.2. The molecule has 2 aromatic rings. The molecule has 1 fully saturated rings. The molecule has 0 spiro atoms. The van der Waals surface area contributed by atoms with Gasteiger partial charge in [0.05, 0.1) is 0 Å². The van der Waals surface area contributed by atoms with E-state index in [4.69, 9.17) is 0 Å². The zero-order chi connectivity index (χ0) is 17.6. The number of rotatable bonds is 6. The molecule has 1 aliphatic rings. The number of para-hydroxylation sites is 1. The van der Waals surface area contributed by atoms with E-state index in [0.29, 0.717) is 13.0 Å². The standard InChI is InChI=1S/C21H27N3O/c1-16-6-5-7-17(2)21(16)23-20(25)12-13-22-18-8-10-19(11-9-18)24-14-3-4-15-24/h5-11,22H,3-4,12-15H2,1-2H3,(H,23,25). The zero-order valence-electron chi connectivity index (χ0n) is 15.1. The Hall–Kier alpha value is -2.49. The van der Waals surface area contributed by atoms with E-state index in [-0.39, 0.29) is 5.91 Å². The summed E-state index contributed by atoms with van der Waals surface area (Å²) in [6.07, 6.45) is 3.02. The maximum Gasteiger partial charge on any atom is 0.226 e. The Balaban J connectivity index is 1.46. The quantitative estimate of drug-likeness (QED) is 0.824. The van der Waals surface area contributed by atoms with Gasteiger partial charge in [0.2, 0.25) is 5.91 Å². The molecular weight excluding hydrogens is 310 g/mol. The van der Waals surface area contributed by atoms with E-state index in [0.717, 1.165) is 35.6 Å². The van der Waals surface area contributed by atoms with E-state index < -0.39 is 0 Å². The van der Waals surface area contributed by atoms with Crippen LogP contribution in [-0.4, -0.2) is 25.5 Å². The molecule has 0 unspecified atom stereocenters. The van der Waals surface area contributed by atoms with Crippen LogP contribution in [0.4, 0.5) is 17.1 Å². The number of benzene rings is 2. The van der Waals surface area contributed by atoms with E-state index in [2.05, 4.69) is 39.8 Å². The van der Waals surface area contributed by atoms with E-state index in [1.807, 2.05) is 32.0 Å². The lowest BCUT2D eigenvalue weighted by Crippen LogP contribution is -2.18. The average molecular weight is 337 g/mol. The number of aryl methyl sites for hydroxylation is 2. The Bertz CT molecular complexity index is 698. The van der Waals surface area contributed by atoms with Gasteiger partial charge in [-0.2, -0.15) is 0 Å². The van der Waals surface area contributed by atoms with Crippen molar-refractivity contribution < 1.29 is 4.79 Å². The van der Waals surface area contributed by atoms with E-state index in [1.165, 1.54) is 18.5 Å². The fraction of sp³-hybridized carbons (Fsp3) is 0.381. The van der Waals surface area contributed by atoms with Crippen molar-refractivity contribution in [1.29, 1.82) is 0 Å². The minimum atomic E-state index is 0.0404. The van der Waals surface area contributed by atoms with Crippen LogP contribution < -0.4 is 15.5 Å². The largest absolute Gasteiger partial charge is 0.385 e. The molecule has 2 aromatic carbocycles. The first-order chi connectivity index (χ1) is 12.1. The smallest absolute Gasteiger partial charge is 0.226 e. The van der Waals surface area contributed by atoms with Gasteiger partial charge in [-0.25, -0.2) is 0 Å². The normalized spacial score (nSPS) is 13.8. The van der Waals surface area contributed by atoms with Gasteiger partial charge in [-0.15, -0.1) is 0 Å². The third-order valence-electron chi connectivity index (χ3n) is 4.77. The molecule has 1 heterocycles. The highest BCUT2D eigenvalue weighted by Crippen LogP contribution is 2.22. The van der Waals surface area contributed by atoms with Gasteiger partial charge in [-0.05, 0) is 62.1 Å². The van der Waals surface area contributed by atoms with Crippen LogP contribution in [0.15, 0.2) is 42.5 Å². The average Bonchev–Trinajstić information content (AvgIpc) is 3.13. The van der Waals surface area contributed by atoms with Crippen molar-refractivity contribution >= 4 is 23.0 Å². The number of hydrogen-bond acceptors (Lipinski definition) is 3. The number of carbonyl (C=O) groups is 1. The molecule has 1 saturated heterocycles. The molecule has 132 valence electrons. The summed E-state index contributed by atoms with van der Waals surface area (Å²) >= 11 is 0. The molecule has 2 N–H and O–H groups in total. The predicted molar refractivity (Wildman–Crippen MR) is 106 cm³/mol. The van der Waals surface area contributed by atoms with Crippen molar-refractivity contribution in [2.75, 3.05) is 35.2 Å². The number of nitrogens with zero attached hydrogens (tertiary/aromatic N) is 1. The van der Waals surface area contributed by atoms with E-state index in [1.54, 1.807) is 0 Å². The van der Waals surface area contributed by atoms with Gasteiger partial charge in [0.15, 0.2) is 0 Å². The lowest BCUT2D eigenvalue weighted by Gasteiger charge is -2.18. The molecule has 0 aromatic heterocycles. The van der Waals surface area contributed by atoms with Crippen LogP contribution in [0.5, 0.6) is 0 Å². The first kappa shape index (κ1) is 17.3. The van der Waals surface area contributed by atoms with Gasteiger partial charge in [0.1, 0.15) is 0 Å². The summed E-state index contributed by atoms with van der Waals surface area (Å²) in [4.78, 5) is 14.6. The van der Waals surface area contributed by atoms with Crippen molar-refractivity contribution in [2.45, 2.75) is 33.1 Å². The highest BCUT2D eigenvalue weighted by molar-refractivity contribution is 5.92. The Morgan fingerprint density at radius 1 is 1.00 bits per heavy atom. The molecule has 1 aliphatic heterocycles. The van der Waals surface area contributed by atoms with Gasteiger partial charge in [0.25, 0.3) is 0 Å². The predicted octanol–water partition coefficient (Wildman–Crippen LogP) is 4.34. The van der Waals surface area contributed by atoms with Crippen LogP contribution in [0.3, 0.4) is 0 Å². The molecule has 1 amide bonds. The lowest BCUT2D eigenvalue weighted by molar-refractivity contribution is -0.115. The second-order valence-electron chi connectivity index (χ2n) is 6.73. The molecular formula is C21H27N3O. The van der Waals surface area contributed by atoms with Gasteiger partial charge < -0.3 is 15.5 Å². The molecule has 0 bridgehead atoms. The van der Waals surface area contributed by atoms with Crippen molar-refractivity contribution in [3.63, 3.8) is 0 Å². The Labute approximate surface area is 150 Å². The summed E-state index contributed by atoms with van der Waals surface area (Å²) in [5, 5.41) is 6.35. The summed E-state index contributed by atoms with van der Waals surface area (Å²) in [5.41, 5.74) is 5.47. The molecule has 0 radical (unpaired) electrons. The summed E-state index contributed by atoms with van der Waals surface area (Å²) < 4.78 is 0. The molecule has 4 heteroatoms. The Morgan fingerprint density at radius 3 is 2.28 bits per heavy atom. The number of carbonyl (C=O) groups excluding carboxylic acids is 1. The fourth-order valence-corrected chi connectivity index (χ4v) is 3.30. The monoisotopic (exact) mass is 337 g/mol. The third kappa shape index (κ3) is 4.53. The van der Waals surface area contributed by atoms with Crippen LogP contribution in [0.2, 0.25) is 0 Å². The molecule has 25 heavy (non-hydrogen) atoms. The van der Waals surface area contributed by atoms with Crippen molar-refractivity contribution in [2.24, 2.45) is 0 Å². The van der Waals surface area contributed by atoms with Gasteiger partial charge >= 0.3 is 0 Å². The van der Waals surface area contributed by atoms with Crippen molar-refractivity contribution in [3.8, 4) is 0 Å². The van der Waals surface area contributed by atoms with Crippen LogP contribution in [0.1, 0.15) is 30.4 Å². The molecule has 4 nitrogen and oxygen atoms in total. The zero-order valence-corrected chi connectivity index (χ0v) is 15.1. The highest BCUT2D eigenvalue weighted by Gasteiger charge is 2.12. The number of nitrogens with one attached hydrogen (secondary N) is 2. The number of amides is 1. The van der Waals surface area contributed by atoms with E-state index in [9.17, 15) is 4.79 Å². The first-order valence-electron chi connectivity index (χ1n) is 9.08. The summed E-state index contributed by atoms with van der Waals surface area (Å²) in [5.74, 6) is 0.0404. The molecule has 0 aliphatic carbocycles. The van der Waals surface area contributed by atoms with Gasteiger partial charge in [-0.3, -0.25) is 4.79 Å². The van der Waals surface area contributed by atoms with Gasteiger partial charge in [-0.1, -0.05) is 18.2 Å². The maximum absolute atomic E-state index is 12.2. The Morgan fingerprint density at radius 2 is 1.64 bits per heavy atom. The molecule has 0 saturated carbocycles. The molecule has 0 atom stereocenters. The van der Waals surface area contributed by atoms with Crippen molar-refractivity contribution in [3.05, 3.63) is 53.6 Å². The first-order valence-corrected chi connectivity index (χ1v) is 9.08. The van der Waals surface area contributed by atoms with E-state index >= 15 is 0 Å². The van der Waals surface area contributed by atoms with Crippen LogP contribution in [0, 0.1) is 13.8 Å². The fourth-order valence-electron chi connectivity index (χ4n) is 3.30. The lowest BCUT2D eigenvalue weighted by atomic mass is 10.1. The minimum absolute atomic E-state index is 0.0404. The number of hydrogen-bond donors (Lipinski definition) is 2.